The van der Waals surface area contributed by atoms with Gasteiger partial charge in [-0.25, -0.2) is 0 Å². The molecule has 6 heteroatoms. The van der Waals surface area contributed by atoms with Gasteiger partial charge in [-0.3, -0.25) is 4.79 Å². The van der Waals surface area contributed by atoms with Crippen molar-refractivity contribution in [3.8, 4) is 5.75 Å². The third-order valence-corrected chi connectivity index (χ3v) is 3.91. The molecule has 0 saturated carbocycles. The topological polar surface area (TPSA) is 61.4 Å². The molecule has 2 rings (SSSR count). The van der Waals surface area contributed by atoms with Gasteiger partial charge in [0.25, 0.3) is 5.91 Å². The van der Waals surface area contributed by atoms with E-state index in [1.54, 1.807) is 25.2 Å². The highest BCUT2D eigenvalue weighted by atomic mass is 79.9. The number of rotatable bonds is 4. The number of phenols is 1. The summed E-state index contributed by atoms with van der Waals surface area (Å²) >= 11 is 9.28. The van der Waals surface area contributed by atoms with Crippen LogP contribution >= 0.6 is 27.5 Å². The first-order chi connectivity index (χ1) is 10.0. The van der Waals surface area contributed by atoms with Crippen LogP contribution in [0, 0.1) is 0 Å². The number of halogens is 2. The Morgan fingerprint density at radius 1 is 1.29 bits per heavy atom. The van der Waals surface area contributed by atoms with Crippen LogP contribution in [-0.2, 0) is 6.54 Å². The SMILES string of the molecule is CNC(=O)c1cc(NCc2ccc(O)c(Br)c2)ccc1Cl. The van der Waals surface area contributed by atoms with Crippen LogP contribution in [0.2, 0.25) is 5.02 Å². The lowest BCUT2D eigenvalue weighted by Crippen LogP contribution is -2.18. The summed E-state index contributed by atoms with van der Waals surface area (Å²) in [5.74, 6) is -0.0248. The lowest BCUT2D eigenvalue weighted by atomic mass is 10.1. The van der Waals surface area contributed by atoms with E-state index < -0.39 is 0 Å². The molecule has 0 aromatic heterocycles. The van der Waals surface area contributed by atoms with E-state index in [9.17, 15) is 9.90 Å². The number of benzene rings is 2. The summed E-state index contributed by atoms with van der Waals surface area (Å²) in [5.41, 5.74) is 2.22. The summed E-state index contributed by atoms with van der Waals surface area (Å²) in [5, 5.41) is 15.6. The van der Waals surface area contributed by atoms with Crippen molar-refractivity contribution in [1.82, 2.24) is 5.32 Å². The predicted octanol–water partition coefficient (Wildman–Crippen LogP) is 3.78. The van der Waals surface area contributed by atoms with Crippen molar-refractivity contribution in [2.75, 3.05) is 12.4 Å². The smallest absolute Gasteiger partial charge is 0.252 e. The van der Waals surface area contributed by atoms with Crippen molar-refractivity contribution in [2.24, 2.45) is 0 Å². The number of aromatic hydroxyl groups is 1. The lowest BCUT2D eigenvalue weighted by Gasteiger charge is -2.10. The van der Waals surface area contributed by atoms with E-state index >= 15 is 0 Å². The molecule has 110 valence electrons. The molecule has 0 radical (unpaired) electrons. The van der Waals surface area contributed by atoms with Gasteiger partial charge in [0, 0.05) is 19.3 Å². The quantitative estimate of drug-likeness (QED) is 0.768. The van der Waals surface area contributed by atoms with E-state index in [1.807, 2.05) is 18.2 Å². The number of carbonyl (C=O) groups excluding carboxylic acids is 1. The third-order valence-electron chi connectivity index (χ3n) is 2.95. The molecule has 0 unspecified atom stereocenters. The molecule has 1 amide bonds. The highest BCUT2D eigenvalue weighted by Gasteiger charge is 2.09. The van der Waals surface area contributed by atoms with Crippen LogP contribution in [0.1, 0.15) is 15.9 Å². The Labute approximate surface area is 136 Å². The number of phenolic OH excluding ortho intramolecular Hbond substituents is 1. The zero-order valence-corrected chi connectivity index (χ0v) is 13.6. The van der Waals surface area contributed by atoms with Crippen LogP contribution in [0.5, 0.6) is 5.75 Å². The monoisotopic (exact) mass is 368 g/mol. The van der Waals surface area contributed by atoms with Crippen LogP contribution in [0.25, 0.3) is 0 Å². The van der Waals surface area contributed by atoms with Gasteiger partial charge in [-0.2, -0.15) is 0 Å². The second-order valence-electron chi connectivity index (χ2n) is 4.41. The average molecular weight is 370 g/mol. The number of nitrogens with one attached hydrogen (secondary N) is 2. The van der Waals surface area contributed by atoms with Crippen molar-refractivity contribution in [1.29, 1.82) is 0 Å². The Hall–Kier alpha value is -1.72. The van der Waals surface area contributed by atoms with Gasteiger partial charge in [0.15, 0.2) is 0 Å². The normalized spacial score (nSPS) is 10.2. The average Bonchev–Trinajstić information content (AvgIpc) is 2.49. The van der Waals surface area contributed by atoms with Gasteiger partial charge >= 0.3 is 0 Å². The van der Waals surface area contributed by atoms with Crippen LogP contribution in [0.15, 0.2) is 40.9 Å². The number of hydrogen-bond acceptors (Lipinski definition) is 3. The number of carbonyl (C=O) groups is 1. The molecule has 2 aromatic carbocycles. The van der Waals surface area contributed by atoms with Crippen LogP contribution in [0.4, 0.5) is 5.69 Å². The summed E-state index contributed by atoms with van der Waals surface area (Å²) in [6.45, 7) is 0.563. The molecular weight excluding hydrogens is 356 g/mol. The Morgan fingerprint density at radius 2 is 2.05 bits per heavy atom. The summed E-state index contributed by atoms with van der Waals surface area (Å²) in [4.78, 5) is 11.7. The zero-order chi connectivity index (χ0) is 15.4. The van der Waals surface area contributed by atoms with E-state index in [0.29, 0.717) is 21.6 Å². The molecule has 21 heavy (non-hydrogen) atoms. The van der Waals surface area contributed by atoms with Gasteiger partial charge in [0.2, 0.25) is 0 Å². The molecule has 0 aliphatic carbocycles. The van der Waals surface area contributed by atoms with Crippen molar-refractivity contribution in [3.05, 3.63) is 57.0 Å². The fraction of sp³-hybridized carbons (Fsp3) is 0.133. The van der Waals surface area contributed by atoms with E-state index in [-0.39, 0.29) is 11.7 Å². The maximum absolute atomic E-state index is 11.7. The Balaban J connectivity index is 2.13. The third kappa shape index (κ3) is 3.89. The summed E-state index contributed by atoms with van der Waals surface area (Å²) in [6, 6.07) is 10.5. The molecule has 4 nitrogen and oxygen atoms in total. The molecule has 0 atom stereocenters. The zero-order valence-electron chi connectivity index (χ0n) is 11.3. The molecular formula is C15H14BrClN2O2. The van der Waals surface area contributed by atoms with Crippen molar-refractivity contribution in [2.45, 2.75) is 6.54 Å². The van der Waals surface area contributed by atoms with Crippen molar-refractivity contribution < 1.29 is 9.90 Å². The Bertz CT molecular complexity index is 677. The number of anilines is 1. The Kier molecular flexibility index (Phi) is 5.09. The molecule has 0 spiro atoms. The minimum atomic E-state index is -0.226. The lowest BCUT2D eigenvalue weighted by molar-refractivity contribution is 0.0963. The maximum atomic E-state index is 11.7. The first-order valence-corrected chi connectivity index (χ1v) is 7.41. The predicted molar refractivity (Wildman–Crippen MR) is 88.0 cm³/mol. The second-order valence-corrected chi connectivity index (χ2v) is 5.67. The van der Waals surface area contributed by atoms with Crippen molar-refractivity contribution in [3.63, 3.8) is 0 Å². The summed E-state index contributed by atoms with van der Waals surface area (Å²) in [6.07, 6.45) is 0. The molecule has 0 aliphatic heterocycles. The fourth-order valence-electron chi connectivity index (χ4n) is 1.81. The van der Waals surface area contributed by atoms with Crippen molar-refractivity contribution >= 4 is 39.1 Å². The second kappa shape index (κ2) is 6.83. The molecule has 0 fully saturated rings. The van der Waals surface area contributed by atoms with Gasteiger partial charge < -0.3 is 15.7 Å². The summed E-state index contributed by atoms with van der Waals surface area (Å²) in [7, 11) is 1.56. The Morgan fingerprint density at radius 3 is 2.71 bits per heavy atom. The van der Waals surface area contributed by atoms with Crippen LogP contribution < -0.4 is 10.6 Å². The minimum absolute atomic E-state index is 0.201. The number of amides is 1. The molecule has 2 aromatic rings. The molecule has 0 heterocycles. The van der Waals surface area contributed by atoms with E-state index in [4.69, 9.17) is 11.6 Å². The van der Waals surface area contributed by atoms with Gasteiger partial charge in [0.1, 0.15) is 5.75 Å². The van der Waals surface area contributed by atoms with Crippen LogP contribution in [-0.4, -0.2) is 18.1 Å². The molecule has 0 bridgehead atoms. The molecule has 3 N–H and O–H groups in total. The van der Waals surface area contributed by atoms with Gasteiger partial charge in [0.05, 0.1) is 15.1 Å². The first kappa shape index (κ1) is 15.7. The fourth-order valence-corrected chi connectivity index (χ4v) is 2.44. The maximum Gasteiger partial charge on any atom is 0.252 e. The van der Waals surface area contributed by atoms with Gasteiger partial charge in [-0.05, 0) is 51.8 Å². The summed E-state index contributed by atoms with van der Waals surface area (Å²) < 4.78 is 0.643. The number of hydrogen-bond donors (Lipinski definition) is 3. The highest BCUT2D eigenvalue weighted by Crippen LogP contribution is 2.25. The van der Waals surface area contributed by atoms with Gasteiger partial charge in [-0.15, -0.1) is 0 Å². The van der Waals surface area contributed by atoms with E-state index in [2.05, 4.69) is 26.6 Å². The highest BCUT2D eigenvalue weighted by molar-refractivity contribution is 9.10. The standard InChI is InChI=1S/C15H14BrClN2O2/c1-18-15(21)11-7-10(3-4-13(11)17)19-8-9-2-5-14(20)12(16)6-9/h2-7,19-20H,8H2,1H3,(H,18,21). The van der Waals surface area contributed by atoms with Crippen LogP contribution in [0.3, 0.4) is 0 Å². The first-order valence-electron chi connectivity index (χ1n) is 6.24. The van der Waals surface area contributed by atoms with E-state index in [1.165, 1.54) is 0 Å². The van der Waals surface area contributed by atoms with Gasteiger partial charge in [-0.1, -0.05) is 17.7 Å². The molecule has 0 aliphatic rings. The van der Waals surface area contributed by atoms with E-state index in [0.717, 1.165) is 11.3 Å². The molecule has 0 saturated heterocycles. The minimum Gasteiger partial charge on any atom is -0.507 e. The largest absolute Gasteiger partial charge is 0.507 e.